The second kappa shape index (κ2) is 5.67. The zero-order chi connectivity index (χ0) is 14.3. The van der Waals surface area contributed by atoms with Gasteiger partial charge in [-0.1, -0.05) is 0 Å². The predicted octanol–water partition coefficient (Wildman–Crippen LogP) is 6.95. The molecule has 2 heterocycles. The molecule has 2 aromatic heterocycles. The first kappa shape index (κ1) is 14.4. The van der Waals surface area contributed by atoms with Gasteiger partial charge in [-0.05, 0) is 66.9 Å². The van der Waals surface area contributed by atoms with Gasteiger partial charge in [0.25, 0.3) is 0 Å². The minimum Gasteiger partial charge on any atom is -0.206 e. The lowest BCUT2D eigenvalue weighted by atomic mass is 10.1. The van der Waals surface area contributed by atoms with Gasteiger partial charge in [-0.15, -0.1) is 22.7 Å². The third-order valence-corrected chi connectivity index (χ3v) is 6.52. The topological polar surface area (TPSA) is 0 Å². The van der Waals surface area contributed by atoms with Crippen molar-refractivity contribution in [3.8, 4) is 20.9 Å². The molecule has 0 aliphatic rings. The Morgan fingerprint density at radius 1 is 0.750 bits per heavy atom. The van der Waals surface area contributed by atoms with Crippen LogP contribution in [0.4, 0.5) is 8.78 Å². The van der Waals surface area contributed by atoms with Crippen LogP contribution in [0.25, 0.3) is 20.9 Å². The van der Waals surface area contributed by atoms with Crippen molar-refractivity contribution in [3.05, 3.63) is 55.6 Å². The van der Waals surface area contributed by atoms with Crippen molar-refractivity contribution in [2.24, 2.45) is 0 Å². The molecule has 0 spiro atoms. The molecule has 3 rings (SSSR count). The first-order valence-corrected chi connectivity index (χ1v) is 8.88. The molecule has 0 amide bonds. The molecule has 0 unspecified atom stereocenters. The lowest BCUT2D eigenvalue weighted by Crippen LogP contribution is -1.90. The number of rotatable bonds is 2. The van der Waals surface area contributed by atoms with Gasteiger partial charge in [0.05, 0.1) is 9.75 Å². The van der Waals surface area contributed by atoms with Crippen molar-refractivity contribution in [1.82, 2.24) is 0 Å². The van der Waals surface area contributed by atoms with E-state index in [1.807, 2.05) is 22.9 Å². The SMILES string of the molecule is Fc1cc(-c2sccc2Br)c(F)cc1-c1sccc1Br. The molecule has 20 heavy (non-hydrogen) atoms. The summed E-state index contributed by atoms with van der Waals surface area (Å²) in [6.45, 7) is 0. The average molecular weight is 436 g/mol. The summed E-state index contributed by atoms with van der Waals surface area (Å²) < 4.78 is 30.1. The minimum atomic E-state index is -0.426. The van der Waals surface area contributed by atoms with Crippen molar-refractivity contribution >= 4 is 54.5 Å². The average Bonchev–Trinajstić information content (AvgIpc) is 3.01. The van der Waals surface area contributed by atoms with Gasteiger partial charge in [-0.2, -0.15) is 0 Å². The van der Waals surface area contributed by atoms with Gasteiger partial charge >= 0.3 is 0 Å². The summed E-state index contributed by atoms with van der Waals surface area (Å²) in [6, 6.07) is 6.16. The van der Waals surface area contributed by atoms with E-state index in [0.717, 1.165) is 8.95 Å². The molecule has 102 valence electrons. The highest BCUT2D eigenvalue weighted by molar-refractivity contribution is 9.11. The van der Waals surface area contributed by atoms with Crippen LogP contribution < -0.4 is 0 Å². The molecule has 1 aromatic carbocycles. The molecule has 0 aliphatic carbocycles. The number of halogens is 4. The zero-order valence-corrected chi connectivity index (χ0v) is 14.6. The van der Waals surface area contributed by atoms with Crippen LogP contribution >= 0.6 is 54.5 Å². The van der Waals surface area contributed by atoms with Gasteiger partial charge < -0.3 is 0 Å². The molecule has 3 aromatic rings. The first-order chi connectivity index (χ1) is 9.58. The largest absolute Gasteiger partial charge is 0.206 e. The van der Waals surface area contributed by atoms with E-state index in [0.29, 0.717) is 9.75 Å². The van der Waals surface area contributed by atoms with Crippen molar-refractivity contribution in [3.63, 3.8) is 0 Å². The fourth-order valence-corrected chi connectivity index (χ4v) is 5.08. The van der Waals surface area contributed by atoms with E-state index in [1.54, 1.807) is 0 Å². The van der Waals surface area contributed by atoms with E-state index in [9.17, 15) is 8.78 Å². The van der Waals surface area contributed by atoms with Crippen LogP contribution in [0.1, 0.15) is 0 Å². The van der Waals surface area contributed by atoms with E-state index in [-0.39, 0.29) is 11.1 Å². The minimum absolute atomic E-state index is 0.279. The lowest BCUT2D eigenvalue weighted by Gasteiger charge is -2.07. The summed E-state index contributed by atoms with van der Waals surface area (Å²) in [5.74, 6) is -0.852. The summed E-state index contributed by atoms with van der Waals surface area (Å²) in [5.41, 5.74) is 0.557. The summed E-state index contributed by atoms with van der Waals surface area (Å²) >= 11 is 9.44. The van der Waals surface area contributed by atoms with Crippen molar-refractivity contribution in [2.75, 3.05) is 0 Å². The molecule has 0 atom stereocenters. The van der Waals surface area contributed by atoms with Crippen LogP contribution in [-0.2, 0) is 0 Å². The Morgan fingerprint density at radius 2 is 1.15 bits per heavy atom. The van der Waals surface area contributed by atoms with E-state index < -0.39 is 11.6 Å². The monoisotopic (exact) mass is 434 g/mol. The highest BCUT2D eigenvalue weighted by Gasteiger charge is 2.17. The molecule has 0 N–H and O–H groups in total. The molecule has 0 fully saturated rings. The molecular weight excluding hydrogens is 430 g/mol. The van der Waals surface area contributed by atoms with E-state index in [2.05, 4.69) is 31.9 Å². The van der Waals surface area contributed by atoms with Gasteiger partial charge in [0.15, 0.2) is 0 Å². The Hall–Kier alpha value is -0.560. The van der Waals surface area contributed by atoms with Crippen LogP contribution in [-0.4, -0.2) is 0 Å². The van der Waals surface area contributed by atoms with Gasteiger partial charge in [0.1, 0.15) is 11.6 Å². The molecule has 6 heteroatoms. The number of benzene rings is 1. The van der Waals surface area contributed by atoms with E-state index >= 15 is 0 Å². The summed E-state index contributed by atoms with van der Waals surface area (Å²) in [6.07, 6.45) is 0. The van der Waals surface area contributed by atoms with Crippen LogP contribution in [0.2, 0.25) is 0 Å². The fourth-order valence-electron chi connectivity index (χ4n) is 1.87. The highest BCUT2D eigenvalue weighted by Crippen LogP contribution is 2.40. The fraction of sp³-hybridized carbons (Fsp3) is 0. The second-order valence-electron chi connectivity index (χ2n) is 4.01. The molecule has 0 aliphatic heterocycles. The van der Waals surface area contributed by atoms with Crippen molar-refractivity contribution in [2.45, 2.75) is 0 Å². The van der Waals surface area contributed by atoms with Gasteiger partial charge in [0, 0.05) is 20.1 Å². The second-order valence-corrected chi connectivity index (χ2v) is 7.55. The molecule has 0 saturated carbocycles. The number of hydrogen-bond acceptors (Lipinski definition) is 2. The van der Waals surface area contributed by atoms with Crippen LogP contribution in [0.5, 0.6) is 0 Å². The quantitative estimate of drug-likeness (QED) is 0.408. The third-order valence-electron chi connectivity index (χ3n) is 2.78. The Morgan fingerprint density at radius 3 is 1.45 bits per heavy atom. The Labute approximate surface area is 139 Å². The van der Waals surface area contributed by atoms with Gasteiger partial charge in [-0.3, -0.25) is 0 Å². The maximum atomic E-state index is 14.3. The standard InChI is InChI=1S/C14H6Br2F2S2/c15-9-1-3-19-13(9)7-5-12(18)8(6-11(7)17)14-10(16)2-4-20-14/h1-6H. The molecule has 0 saturated heterocycles. The molecule has 0 bridgehead atoms. The van der Waals surface area contributed by atoms with Crippen molar-refractivity contribution < 1.29 is 8.78 Å². The van der Waals surface area contributed by atoms with Crippen LogP contribution in [0.15, 0.2) is 44.0 Å². The number of hydrogen-bond donors (Lipinski definition) is 0. The molecule has 0 radical (unpaired) electrons. The summed E-state index contributed by atoms with van der Waals surface area (Å²) in [7, 11) is 0. The summed E-state index contributed by atoms with van der Waals surface area (Å²) in [4.78, 5) is 1.39. The van der Waals surface area contributed by atoms with Gasteiger partial charge in [0.2, 0.25) is 0 Å². The maximum absolute atomic E-state index is 14.3. The van der Waals surface area contributed by atoms with Crippen molar-refractivity contribution in [1.29, 1.82) is 0 Å². The van der Waals surface area contributed by atoms with E-state index in [1.165, 1.54) is 34.8 Å². The maximum Gasteiger partial charge on any atom is 0.132 e. The normalized spacial score (nSPS) is 11.0. The smallest absolute Gasteiger partial charge is 0.132 e. The predicted molar refractivity (Wildman–Crippen MR) is 88.4 cm³/mol. The Bertz CT molecular complexity index is 711. The summed E-state index contributed by atoms with van der Waals surface area (Å²) in [5, 5.41) is 3.67. The van der Waals surface area contributed by atoms with E-state index in [4.69, 9.17) is 0 Å². The zero-order valence-electron chi connectivity index (χ0n) is 9.79. The van der Waals surface area contributed by atoms with Crippen LogP contribution in [0.3, 0.4) is 0 Å². The third kappa shape index (κ3) is 2.50. The lowest BCUT2D eigenvalue weighted by molar-refractivity contribution is 0.606. The van der Waals surface area contributed by atoms with Gasteiger partial charge in [-0.25, -0.2) is 8.78 Å². The first-order valence-electron chi connectivity index (χ1n) is 5.53. The highest BCUT2D eigenvalue weighted by atomic mass is 79.9. The number of thiophene rings is 2. The molecule has 0 nitrogen and oxygen atoms in total. The van der Waals surface area contributed by atoms with Crippen LogP contribution in [0, 0.1) is 11.6 Å². The molecular formula is C14H6Br2F2S2. The Kier molecular flexibility index (Phi) is 4.08. The Balaban J connectivity index is 2.17.